The van der Waals surface area contributed by atoms with Crippen LogP contribution in [0.25, 0.3) is 10.8 Å². The molecule has 2 amide bonds. The fraction of sp³-hybridized carbons (Fsp3) is 0.379. The fourth-order valence-corrected chi connectivity index (χ4v) is 6.46. The Kier molecular flexibility index (Phi) is 10.4. The van der Waals surface area contributed by atoms with Gasteiger partial charge in [0.25, 0.3) is 0 Å². The van der Waals surface area contributed by atoms with E-state index in [0.29, 0.717) is 30.5 Å². The largest absolute Gasteiger partial charge is 0.399 e. The van der Waals surface area contributed by atoms with Crippen LogP contribution in [0.15, 0.2) is 71.6 Å². The number of nitrogens with zero attached hydrogens (tertiary/aromatic N) is 1. The minimum absolute atomic E-state index is 0.0432. The van der Waals surface area contributed by atoms with Gasteiger partial charge in [-0.25, -0.2) is 8.42 Å². The molecule has 3 aromatic carbocycles. The van der Waals surface area contributed by atoms with Crippen LogP contribution in [-0.4, -0.2) is 55.4 Å². The standard InChI is InChI=1S/C29H38N4O5S/c1-20(2)18-33(39(37,38)24-15-13-22(30)14-16-24)23(19-34)10-5-6-17-32-29(36)27(28(31)35)26-12-7-9-21-8-3-4-11-25(21)26/h3-4,7-9,11-16,20,23,27,34H,5-6,10,17-19,30H2,1-2H3,(H2,31,35)(H,32,36). The van der Waals surface area contributed by atoms with Gasteiger partial charge in [-0.1, -0.05) is 62.7 Å². The topological polar surface area (TPSA) is 156 Å². The van der Waals surface area contributed by atoms with Crippen molar-refractivity contribution in [3.63, 3.8) is 0 Å². The first-order chi connectivity index (χ1) is 18.6. The summed E-state index contributed by atoms with van der Waals surface area (Å²) in [5.41, 5.74) is 12.4. The van der Waals surface area contributed by atoms with E-state index in [1.807, 2.05) is 44.2 Å². The summed E-state index contributed by atoms with van der Waals surface area (Å²) in [6.07, 6.45) is 1.48. The van der Waals surface area contributed by atoms with Crippen molar-refractivity contribution in [3.8, 4) is 0 Å². The van der Waals surface area contributed by atoms with Crippen LogP contribution in [0.5, 0.6) is 0 Å². The smallest absolute Gasteiger partial charge is 0.243 e. The molecule has 0 aliphatic rings. The lowest BCUT2D eigenvalue weighted by Gasteiger charge is -2.31. The Morgan fingerprint density at radius 2 is 1.64 bits per heavy atom. The average Bonchev–Trinajstić information content (AvgIpc) is 2.90. The van der Waals surface area contributed by atoms with E-state index in [-0.39, 0.29) is 30.5 Å². The van der Waals surface area contributed by atoms with Crippen LogP contribution >= 0.6 is 0 Å². The number of nitrogens with two attached hydrogens (primary N) is 2. The van der Waals surface area contributed by atoms with Gasteiger partial charge in [-0.15, -0.1) is 0 Å². The van der Waals surface area contributed by atoms with E-state index in [4.69, 9.17) is 11.5 Å². The van der Waals surface area contributed by atoms with Crippen LogP contribution in [0.3, 0.4) is 0 Å². The monoisotopic (exact) mass is 554 g/mol. The van der Waals surface area contributed by atoms with Crippen molar-refractivity contribution in [2.75, 3.05) is 25.4 Å². The molecule has 210 valence electrons. The van der Waals surface area contributed by atoms with Crippen molar-refractivity contribution in [1.29, 1.82) is 0 Å². The van der Waals surface area contributed by atoms with E-state index in [1.165, 1.54) is 28.6 Å². The second-order valence-corrected chi connectivity index (χ2v) is 12.0. The number of fused-ring (bicyclic) bond motifs is 1. The molecule has 39 heavy (non-hydrogen) atoms. The lowest BCUT2D eigenvalue weighted by atomic mass is 9.92. The number of nitrogen functional groups attached to an aromatic ring is 1. The molecule has 3 rings (SSSR count). The first-order valence-corrected chi connectivity index (χ1v) is 14.5. The number of anilines is 1. The number of primary amides is 1. The van der Waals surface area contributed by atoms with Gasteiger partial charge in [-0.05, 0) is 59.4 Å². The average molecular weight is 555 g/mol. The zero-order chi connectivity index (χ0) is 28.6. The van der Waals surface area contributed by atoms with E-state index in [2.05, 4.69) is 5.32 Å². The zero-order valence-electron chi connectivity index (χ0n) is 22.4. The van der Waals surface area contributed by atoms with Crippen molar-refractivity contribution in [3.05, 3.63) is 72.3 Å². The maximum absolute atomic E-state index is 13.4. The molecule has 0 saturated heterocycles. The predicted octanol–water partition coefficient (Wildman–Crippen LogP) is 2.99. The molecule has 0 radical (unpaired) electrons. The number of amides is 2. The van der Waals surface area contributed by atoms with Crippen molar-refractivity contribution < 1.29 is 23.1 Å². The van der Waals surface area contributed by atoms with E-state index in [9.17, 15) is 23.1 Å². The highest BCUT2D eigenvalue weighted by atomic mass is 32.2. The molecule has 0 aliphatic carbocycles. The number of carbonyl (C=O) groups excluding carboxylic acids is 2. The molecular formula is C29H38N4O5S. The Balaban J connectivity index is 1.63. The maximum atomic E-state index is 13.4. The van der Waals surface area contributed by atoms with E-state index in [0.717, 1.165) is 10.8 Å². The van der Waals surface area contributed by atoms with E-state index >= 15 is 0 Å². The van der Waals surface area contributed by atoms with Crippen LogP contribution < -0.4 is 16.8 Å². The molecule has 0 saturated carbocycles. The fourth-order valence-electron chi connectivity index (χ4n) is 4.65. The molecule has 0 spiro atoms. The van der Waals surface area contributed by atoms with Gasteiger partial charge in [0, 0.05) is 24.8 Å². The van der Waals surface area contributed by atoms with Crippen LogP contribution in [0.2, 0.25) is 0 Å². The molecule has 3 aromatic rings. The van der Waals surface area contributed by atoms with Gasteiger partial charge in [0.1, 0.15) is 5.92 Å². The summed E-state index contributed by atoms with van der Waals surface area (Å²) in [4.78, 5) is 25.4. The molecular weight excluding hydrogens is 516 g/mol. The number of benzene rings is 3. The van der Waals surface area contributed by atoms with Gasteiger partial charge in [0.05, 0.1) is 11.5 Å². The quantitative estimate of drug-likeness (QED) is 0.136. The van der Waals surface area contributed by atoms with E-state index < -0.39 is 33.8 Å². The SMILES string of the molecule is CC(C)CN(C(CO)CCCCNC(=O)C(C(N)=O)c1cccc2ccccc12)S(=O)(=O)c1ccc(N)cc1. The van der Waals surface area contributed by atoms with Crippen LogP contribution in [0.4, 0.5) is 5.69 Å². The molecule has 2 atom stereocenters. The van der Waals surface area contributed by atoms with E-state index in [1.54, 1.807) is 12.1 Å². The Bertz CT molecular complexity index is 1370. The molecule has 0 bridgehead atoms. The number of rotatable bonds is 14. The summed E-state index contributed by atoms with van der Waals surface area (Å²) < 4.78 is 28.1. The number of hydrogen-bond donors (Lipinski definition) is 4. The normalized spacial score (nSPS) is 13.5. The summed E-state index contributed by atoms with van der Waals surface area (Å²) in [6.45, 7) is 4.03. The van der Waals surface area contributed by atoms with Crippen molar-refractivity contribution in [1.82, 2.24) is 9.62 Å². The number of carbonyl (C=O) groups is 2. The number of unbranched alkanes of at least 4 members (excludes halogenated alkanes) is 1. The Morgan fingerprint density at radius 1 is 0.974 bits per heavy atom. The van der Waals surface area contributed by atoms with Gasteiger partial charge in [0.15, 0.2) is 0 Å². The minimum Gasteiger partial charge on any atom is -0.399 e. The second-order valence-electron chi connectivity index (χ2n) is 10.1. The number of aliphatic hydroxyl groups is 1. The van der Waals surface area contributed by atoms with Gasteiger partial charge < -0.3 is 21.9 Å². The highest BCUT2D eigenvalue weighted by Gasteiger charge is 2.32. The lowest BCUT2D eigenvalue weighted by molar-refractivity contribution is -0.129. The molecule has 10 heteroatoms. The summed E-state index contributed by atoms with van der Waals surface area (Å²) >= 11 is 0. The van der Waals surface area contributed by atoms with Gasteiger partial charge >= 0.3 is 0 Å². The van der Waals surface area contributed by atoms with Gasteiger partial charge in [-0.3, -0.25) is 9.59 Å². The third-order valence-electron chi connectivity index (χ3n) is 6.59. The summed E-state index contributed by atoms with van der Waals surface area (Å²) in [5, 5.41) is 14.6. The highest BCUT2D eigenvalue weighted by Crippen LogP contribution is 2.26. The summed E-state index contributed by atoms with van der Waals surface area (Å²) in [7, 11) is -3.85. The van der Waals surface area contributed by atoms with Crippen molar-refractivity contribution >= 4 is 38.3 Å². The first kappa shape index (κ1) is 30.1. The number of nitrogens with one attached hydrogen (secondary N) is 1. The molecule has 0 aromatic heterocycles. The highest BCUT2D eigenvalue weighted by molar-refractivity contribution is 7.89. The lowest BCUT2D eigenvalue weighted by Crippen LogP contribution is -2.44. The van der Waals surface area contributed by atoms with Crippen LogP contribution in [-0.2, 0) is 19.6 Å². The van der Waals surface area contributed by atoms with Crippen molar-refractivity contribution in [2.45, 2.75) is 50.0 Å². The predicted molar refractivity (Wildman–Crippen MR) is 153 cm³/mol. The van der Waals surface area contributed by atoms with Crippen LogP contribution in [0, 0.1) is 5.92 Å². The Labute approximate surface area is 230 Å². The third-order valence-corrected chi connectivity index (χ3v) is 8.53. The third kappa shape index (κ3) is 7.56. The number of sulfonamides is 1. The Morgan fingerprint density at radius 3 is 2.28 bits per heavy atom. The number of aliphatic hydroxyl groups excluding tert-OH is 1. The van der Waals surface area contributed by atoms with Gasteiger partial charge in [0.2, 0.25) is 21.8 Å². The molecule has 0 aliphatic heterocycles. The molecule has 0 fully saturated rings. The van der Waals surface area contributed by atoms with Crippen LogP contribution in [0.1, 0.15) is 44.6 Å². The molecule has 2 unspecified atom stereocenters. The molecule has 6 N–H and O–H groups in total. The summed E-state index contributed by atoms with van der Waals surface area (Å²) in [6, 6.07) is 18.3. The minimum atomic E-state index is -3.85. The Hall–Kier alpha value is -3.47. The number of hydrogen-bond acceptors (Lipinski definition) is 6. The molecule has 0 heterocycles. The maximum Gasteiger partial charge on any atom is 0.243 e. The zero-order valence-corrected chi connectivity index (χ0v) is 23.2. The summed E-state index contributed by atoms with van der Waals surface area (Å²) in [5.74, 6) is -2.30. The molecule has 9 nitrogen and oxygen atoms in total. The van der Waals surface area contributed by atoms with Crippen molar-refractivity contribution in [2.24, 2.45) is 11.7 Å². The van der Waals surface area contributed by atoms with Gasteiger partial charge in [-0.2, -0.15) is 4.31 Å². The second kappa shape index (κ2) is 13.5. The first-order valence-electron chi connectivity index (χ1n) is 13.1.